The molecule has 1 fully saturated rings. The molecule has 62 valence electrons. The molecule has 0 atom stereocenters. The highest BCUT2D eigenvalue weighted by molar-refractivity contribution is 5.60. The zero-order chi connectivity index (χ0) is 7.94. The standard InChI is InChI=1S/C10H17N/c1-2-8-11-9-10-6-4-3-5-7-10/h2,9-10H,1,3-8H2/b11-9+. The minimum absolute atomic E-state index is 0.767. The van der Waals surface area contributed by atoms with Crippen molar-refractivity contribution in [3.05, 3.63) is 12.7 Å². The van der Waals surface area contributed by atoms with E-state index in [1.54, 1.807) is 0 Å². The Morgan fingerprint density at radius 2 is 2.00 bits per heavy atom. The average molecular weight is 151 g/mol. The molecule has 0 aromatic carbocycles. The van der Waals surface area contributed by atoms with Crippen LogP contribution in [0.4, 0.5) is 0 Å². The third-order valence-electron chi connectivity index (χ3n) is 2.20. The van der Waals surface area contributed by atoms with Crippen LogP contribution in [0.2, 0.25) is 0 Å². The predicted molar refractivity (Wildman–Crippen MR) is 50.1 cm³/mol. The van der Waals surface area contributed by atoms with Crippen LogP contribution in [0.1, 0.15) is 32.1 Å². The number of hydrogen-bond donors (Lipinski definition) is 0. The lowest BCUT2D eigenvalue weighted by atomic mass is 9.90. The summed E-state index contributed by atoms with van der Waals surface area (Å²) in [7, 11) is 0. The SMILES string of the molecule is C=CC/N=C/C1CCCCC1. The Labute approximate surface area is 69.2 Å². The molecule has 0 radical (unpaired) electrons. The molecular formula is C10H17N. The van der Waals surface area contributed by atoms with Gasteiger partial charge in [0.2, 0.25) is 0 Å². The van der Waals surface area contributed by atoms with Crippen molar-refractivity contribution in [1.29, 1.82) is 0 Å². The maximum Gasteiger partial charge on any atom is 0.0563 e. The summed E-state index contributed by atoms with van der Waals surface area (Å²) in [5.74, 6) is 0.767. The lowest BCUT2D eigenvalue weighted by molar-refractivity contribution is 0.444. The van der Waals surface area contributed by atoms with Crippen LogP contribution in [0.25, 0.3) is 0 Å². The van der Waals surface area contributed by atoms with Gasteiger partial charge in [-0.3, -0.25) is 4.99 Å². The summed E-state index contributed by atoms with van der Waals surface area (Å²) in [6, 6.07) is 0. The van der Waals surface area contributed by atoms with Crippen LogP contribution < -0.4 is 0 Å². The van der Waals surface area contributed by atoms with E-state index in [2.05, 4.69) is 17.8 Å². The van der Waals surface area contributed by atoms with Gasteiger partial charge in [-0.1, -0.05) is 25.3 Å². The maximum absolute atomic E-state index is 4.27. The van der Waals surface area contributed by atoms with Crippen molar-refractivity contribution in [1.82, 2.24) is 0 Å². The van der Waals surface area contributed by atoms with Gasteiger partial charge in [-0.15, -0.1) is 6.58 Å². The van der Waals surface area contributed by atoms with Gasteiger partial charge < -0.3 is 0 Å². The largest absolute Gasteiger partial charge is 0.293 e. The summed E-state index contributed by atoms with van der Waals surface area (Å²) in [6.07, 6.45) is 10.9. The molecule has 0 aromatic rings. The first-order valence-electron chi connectivity index (χ1n) is 4.54. The monoisotopic (exact) mass is 151 g/mol. The van der Waals surface area contributed by atoms with Crippen molar-refractivity contribution >= 4 is 6.21 Å². The van der Waals surface area contributed by atoms with Crippen LogP contribution >= 0.6 is 0 Å². The highest BCUT2D eigenvalue weighted by Gasteiger charge is 2.09. The molecule has 0 bridgehead atoms. The van der Waals surface area contributed by atoms with Crippen molar-refractivity contribution in [2.75, 3.05) is 6.54 Å². The van der Waals surface area contributed by atoms with Gasteiger partial charge in [-0.05, 0) is 18.8 Å². The third-order valence-corrected chi connectivity index (χ3v) is 2.20. The van der Waals surface area contributed by atoms with Gasteiger partial charge in [-0.2, -0.15) is 0 Å². The fourth-order valence-corrected chi connectivity index (χ4v) is 1.57. The topological polar surface area (TPSA) is 12.4 Å². The van der Waals surface area contributed by atoms with E-state index in [1.807, 2.05) is 6.08 Å². The second-order valence-electron chi connectivity index (χ2n) is 3.20. The number of nitrogens with zero attached hydrogens (tertiary/aromatic N) is 1. The number of aliphatic imine (C=N–C) groups is 1. The Balaban J connectivity index is 2.18. The molecule has 0 unspecified atom stereocenters. The first-order valence-corrected chi connectivity index (χ1v) is 4.54. The first kappa shape index (κ1) is 8.51. The number of rotatable bonds is 3. The Morgan fingerprint density at radius 3 is 2.64 bits per heavy atom. The molecule has 0 amide bonds. The summed E-state index contributed by atoms with van der Waals surface area (Å²) in [4.78, 5) is 4.27. The first-order chi connectivity index (χ1) is 5.43. The Morgan fingerprint density at radius 1 is 1.27 bits per heavy atom. The lowest BCUT2D eigenvalue weighted by Gasteiger charge is -2.16. The molecule has 0 heterocycles. The van der Waals surface area contributed by atoms with Gasteiger partial charge in [0, 0.05) is 6.21 Å². The third kappa shape index (κ3) is 3.35. The second kappa shape index (κ2) is 5.11. The highest BCUT2D eigenvalue weighted by Crippen LogP contribution is 2.21. The van der Waals surface area contributed by atoms with E-state index in [4.69, 9.17) is 0 Å². The quantitative estimate of drug-likeness (QED) is 0.434. The van der Waals surface area contributed by atoms with Crippen LogP contribution in [-0.4, -0.2) is 12.8 Å². The molecular weight excluding hydrogens is 134 g/mol. The summed E-state index contributed by atoms with van der Waals surface area (Å²) >= 11 is 0. The van der Waals surface area contributed by atoms with E-state index >= 15 is 0 Å². The predicted octanol–water partition coefficient (Wildman–Crippen LogP) is 2.82. The van der Waals surface area contributed by atoms with Gasteiger partial charge >= 0.3 is 0 Å². The van der Waals surface area contributed by atoms with Gasteiger partial charge in [0.05, 0.1) is 6.54 Å². The summed E-state index contributed by atoms with van der Waals surface area (Å²) in [5, 5.41) is 0. The fraction of sp³-hybridized carbons (Fsp3) is 0.700. The van der Waals surface area contributed by atoms with E-state index in [0.717, 1.165) is 12.5 Å². The Hall–Kier alpha value is -0.590. The molecule has 1 heteroatoms. The van der Waals surface area contributed by atoms with Crippen LogP contribution in [0.3, 0.4) is 0 Å². The molecule has 1 rings (SSSR count). The molecule has 1 aliphatic carbocycles. The highest BCUT2D eigenvalue weighted by atomic mass is 14.7. The zero-order valence-electron chi connectivity index (χ0n) is 7.13. The molecule has 1 nitrogen and oxygen atoms in total. The zero-order valence-corrected chi connectivity index (χ0v) is 7.13. The summed E-state index contributed by atoms with van der Waals surface area (Å²) < 4.78 is 0. The van der Waals surface area contributed by atoms with Crippen molar-refractivity contribution in [3.8, 4) is 0 Å². The molecule has 0 aromatic heterocycles. The molecule has 11 heavy (non-hydrogen) atoms. The van der Waals surface area contributed by atoms with Crippen LogP contribution in [0, 0.1) is 5.92 Å². The smallest absolute Gasteiger partial charge is 0.0563 e. The van der Waals surface area contributed by atoms with E-state index in [1.165, 1.54) is 32.1 Å². The van der Waals surface area contributed by atoms with Crippen LogP contribution in [0.15, 0.2) is 17.6 Å². The van der Waals surface area contributed by atoms with Crippen LogP contribution in [-0.2, 0) is 0 Å². The average Bonchev–Trinajstić information content (AvgIpc) is 2.07. The van der Waals surface area contributed by atoms with Gasteiger partial charge in [0.25, 0.3) is 0 Å². The second-order valence-corrected chi connectivity index (χ2v) is 3.20. The molecule has 1 saturated carbocycles. The molecule has 0 aliphatic heterocycles. The fourth-order valence-electron chi connectivity index (χ4n) is 1.57. The van der Waals surface area contributed by atoms with Crippen molar-refractivity contribution in [3.63, 3.8) is 0 Å². The maximum atomic E-state index is 4.27. The Kier molecular flexibility index (Phi) is 3.95. The minimum Gasteiger partial charge on any atom is -0.293 e. The summed E-state index contributed by atoms with van der Waals surface area (Å²) in [6.45, 7) is 4.42. The molecule has 1 aliphatic rings. The van der Waals surface area contributed by atoms with Gasteiger partial charge in [0.1, 0.15) is 0 Å². The van der Waals surface area contributed by atoms with Gasteiger partial charge in [-0.25, -0.2) is 0 Å². The summed E-state index contributed by atoms with van der Waals surface area (Å²) in [5.41, 5.74) is 0. The normalized spacial score (nSPS) is 20.7. The van der Waals surface area contributed by atoms with Crippen molar-refractivity contribution in [2.45, 2.75) is 32.1 Å². The lowest BCUT2D eigenvalue weighted by Crippen LogP contribution is -2.07. The molecule has 0 saturated heterocycles. The van der Waals surface area contributed by atoms with Crippen molar-refractivity contribution < 1.29 is 0 Å². The number of hydrogen-bond acceptors (Lipinski definition) is 1. The van der Waals surface area contributed by atoms with Crippen molar-refractivity contribution in [2.24, 2.45) is 10.9 Å². The van der Waals surface area contributed by atoms with E-state index in [9.17, 15) is 0 Å². The van der Waals surface area contributed by atoms with E-state index in [-0.39, 0.29) is 0 Å². The van der Waals surface area contributed by atoms with Gasteiger partial charge in [0.15, 0.2) is 0 Å². The van der Waals surface area contributed by atoms with Crippen LogP contribution in [0.5, 0.6) is 0 Å². The molecule has 0 spiro atoms. The molecule has 0 N–H and O–H groups in total. The Bertz CT molecular complexity index is 132. The van der Waals surface area contributed by atoms with E-state index < -0.39 is 0 Å². The van der Waals surface area contributed by atoms with E-state index in [0.29, 0.717) is 0 Å². The minimum atomic E-state index is 0.767.